The molecule has 2 aromatic rings. The number of furan rings is 1. The Morgan fingerprint density at radius 1 is 1.26 bits per heavy atom. The van der Waals surface area contributed by atoms with Gasteiger partial charge in [0.2, 0.25) is 0 Å². The lowest BCUT2D eigenvalue weighted by atomic mass is 10.3. The monoisotopic (exact) mass is 263 g/mol. The molecule has 0 amide bonds. The Morgan fingerprint density at radius 3 is 2.79 bits per heavy atom. The first-order valence-electron chi connectivity index (χ1n) is 6.43. The molecule has 1 heterocycles. The summed E-state index contributed by atoms with van der Waals surface area (Å²) < 4.78 is 23.6. The van der Waals surface area contributed by atoms with Gasteiger partial charge in [-0.15, -0.1) is 0 Å². The van der Waals surface area contributed by atoms with E-state index in [1.165, 1.54) is 12.1 Å². The predicted molar refractivity (Wildman–Crippen MR) is 71.4 cm³/mol. The zero-order valence-electron chi connectivity index (χ0n) is 11.0. The highest BCUT2D eigenvalue weighted by molar-refractivity contribution is 5.22. The lowest BCUT2D eigenvalue weighted by Crippen LogP contribution is -2.13. The highest BCUT2D eigenvalue weighted by Crippen LogP contribution is 2.15. The van der Waals surface area contributed by atoms with Crippen LogP contribution in [-0.4, -0.2) is 6.54 Å². The molecule has 0 unspecified atom stereocenters. The van der Waals surface area contributed by atoms with Crippen molar-refractivity contribution in [1.29, 1.82) is 0 Å². The third kappa shape index (κ3) is 4.41. The number of halogens is 1. The van der Waals surface area contributed by atoms with Crippen molar-refractivity contribution >= 4 is 0 Å². The van der Waals surface area contributed by atoms with Gasteiger partial charge in [0.05, 0.1) is 6.26 Å². The predicted octanol–water partition coefficient (Wildman–Crippen LogP) is 3.50. The van der Waals surface area contributed by atoms with E-state index in [4.69, 9.17) is 9.15 Å². The van der Waals surface area contributed by atoms with Gasteiger partial charge in [0.1, 0.15) is 23.9 Å². The quantitative estimate of drug-likeness (QED) is 0.776. The van der Waals surface area contributed by atoms with Crippen molar-refractivity contribution < 1.29 is 13.5 Å². The fourth-order valence-electron chi connectivity index (χ4n) is 1.69. The maximum Gasteiger partial charge on any atom is 0.146 e. The van der Waals surface area contributed by atoms with E-state index in [0.29, 0.717) is 12.4 Å². The number of hydrogen-bond donors (Lipinski definition) is 1. The molecule has 4 heteroatoms. The zero-order chi connectivity index (χ0) is 13.5. The van der Waals surface area contributed by atoms with Crippen molar-refractivity contribution in [2.45, 2.75) is 26.5 Å². The Morgan fingerprint density at radius 2 is 2.05 bits per heavy atom. The molecular weight excluding hydrogens is 245 g/mol. The minimum absolute atomic E-state index is 0.269. The van der Waals surface area contributed by atoms with Crippen molar-refractivity contribution in [3.63, 3.8) is 0 Å². The van der Waals surface area contributed by atoms with E-state index in [0.717, 1.165) is 30.8 Å². The summed E-state index contributed by atoms with van der Waals surface area (Å²) in [5.74, 6) is 1.12. The van der Waals surface area contributed by atoms with Gasteiger partial charge in [0.25, 0.3) is 0 Å². The molecule has 1 aromatic carbocycles. The normalized spacial score (nSPS) is 10.6. The maximum atomic E-state index is 12.7. The molecule has 0 aliphatic rings. The van der Waals surface area contributed by atoms with Crippen molar-refractivity contribution in [2.24, 2.45) is 0 Å². The molecule has 0 aliphatic carbocycles. The summed E-state index contributed by atoms with van der Waals surface area (Å²) in [6, 6.07) is 7.91. The number of benzene rings is 1. The third-order valence-electron chi connectivity index (χ3n) is 2.66. The van der Waals surface area contributed by atoms with Crippen LogP contribution in [0.5, 0.6) is 5.75 Å². The van der Waals surface area contributed by atoms with Gasteiger partial charge < -0.3 is 14.5 Å². The standard InChI is InChI=1S/C15H18FNO2/c1-2-7-17-9-12-8-15(18-10-12)11-19-14-5-3-13(16)4-6-14/h3-6,8,10,17H,2,7,9,11H2,1H3. The molecule has 0 saturated carbocycles. The van der Waals surface area contributed by atoms with Crippen LogP contribution < -0.4 is 10.1 Å². The fraction of sp³-hybridized carbons (Fsp3) is 0.333. The van der Waals surface area contributed by atoms with Gasteiger partial charge >= 0.3 is 0 Å². The first-order chi connectivity index (χ1) is 9.28. The fourth-order valence-corrected chi connectivity index (χ4v) is 1.69. The summed E-state index contributed by atoms with van der Waals surface area (Å²) in [7, 11) is 0. The largest absolute Gasteiger partial charge is 0.486 e. The Bertz CT molecular complexity index is 493. The van der Waals surface area contributed by atoms with Gasteiger partial charge in [-0.2, -0.15) is 0 Å². The van der Waals surface area contributed by atoms with Crippen LogP contribution >= 0.6 is 0 Å². The van der Waals surface area contributed by atoms with E-state index in [1.807, 2.05) is 6.07 Å². The van der Waals surface area contributed by atoms with Gasteiger partial charge in [-0.05, 0) is 43.3 Å². The number of ether oxygens (including phenoxy) is 1. The van der Waals surface area contributed by atoms with Crippen molar-refractivity contribution in [1.82, 2.24) is 5.32 Å². The lowest BCUT2D eigenvalue weighted by molar-refractivity contribution is 0.270. The van der Waals surface area contributed by atoms with Gasteiger partial charge in [-0.3, -0.25) is 0 Å². The molecule has 3 nitrogen and oxygen atoms in total. The van der Waals surface area contributed by atoms with Crippen LogP contribution in [0, 0.1) is 5.82 Å². The number of hydrogen-bond acceptors (Lipinski definition) is 3. The van der Waals surface area contributed by atoms with Crippen LogP contribution in [0.25, 0.3) is 0 Å². The van der Waals surface area contributed by atoms with E-state index in [1.54, 1.807) is 18.4 Å². The van der Waals surface area contributed by atoms with Crippen LogP contribution in [0.2, 0.25) is 0 Å². The molecule has 102 valence electrons. The topological polar surface area (TPSA) is 34.4 Å². The molecule has 1 N–H and O–H groups in total. The molecule has 0 fully saturated rings. The maximum absolute atomic E-state index is 12.7. The number of rotatable bonds is 7. The average molecular weight is 263 g/mol. The van der Waals surface area contributed by atoms with Gasteiger partial charge in [0, 0.05) is 12.1 Å². The second-order valence-electron chi connectivity index (χ2n) is 4.34. The van der Waals surface area contributed by atoms with E-state index < -0.39 is 0 Å². The molecule has 0 aliphatic heterocycles. The van der Waals surface area contributed by atoms with E-state index in [9.17, 15) is 4.39 Å². The Labute approximate surface area is 112 Å². The van der Waals surface area contributed by atoms with E-state index in [2.05, 4.69) is 12.2 Å². The van der Waals surface area contributed by atoms with Gasteiger partial charge in [-0.1, -0.05) is 6.92 Å². The molecular formula is C15H18FNO2. The minimum Gasteiger partial charge on any atom is -0.486 e. The molecule has 1 aromatic heterocycles. The van der Waals surface area contributed by atoms with Crippen molar-refractivity contribution in [3.05, 3.63) is 53.7 Å². The lowest BCUT2D eigenvalue weighted by Gasteiger charge is -2.03. The van der Waals surface area contributed by atoms with E-state index in [-0.39, 0.29) is 5.82 Å². The minimum atomic E-state index is -0.269. The smallest absolute Gasteiger partial charge is 0.146 e. The molecule has 2 rings (SSSR count). The molecule has 0 atom stereocenters. The second-order valence-corrected chi connectivity index (χ2v) is 4.34. The van der Waals surface area contributed by atoms with Gasteiger partial charge in [0.15, 0.2) is 0 Å². The van der Waals surface area contributed by atoms with Crippen LogP contribution in [0.3, 0.4) is 0 Å². The summed E-state index contributed by atoms with van der Waals surface area (Å²) in [5, 5.41) is 3.30. The Hall–Kier alpha value is -1.81. The first kappa shape index (κ1) is 13.6. The molecule has 0 saturated heterocycles. The van der Waals surface area contributed by atoms with Crippen LogP contribution in [0.4, 0.5) is 4.39 Å². The van der Waals surface area contributed by atoms with Crippen molar-refractivity contribution in [3.8, 4) is 5.75 Å². The first-order valence-corrected chi connectivity index (χ1v) is 6.43. The summed E-state index contributed by atoms with van der Waals surface area (Å²) in [4.78, 5) is 0. The summed E-state index contributed by atoms with van der Waals surface area (Å²) in [6.45, 7) is 4.27. The van der Waals surface area contributed by atoms with E-state index >= 15 is 0 Å². The molecule has 0 radical (unpaired) electrons. The Balaban J connectivity index is 1.81. The van der Waals surface area contributed by atoms with Gasteiger partial charge in [-0.25, -0.2) is 4.39 Å². The summed E-state index contributed by atoms with van der Waals surface area (Å²) >= 11 is 0. The molecule has 19 heavy (non-hydrogen) atoms. The highest BCUT2D eigenvalue weighted by Gasteiger charge is 2.03. The second kappa shape index (κ2) is 6.95. The molecule has 0 spiro atoms. The average Bonchev–Trinajstić information content (AvgIpc) is 2.86. The van der Waals surface area contributed by atoms with Crippen LogP contribution in [-0.2, 0) is 13.2 Å². The van der Waals surface area contributed by atoms with Crippen LogP contribution in [0.15, 0.2) is 41.0 Å². The third-order valence-corrected chi connectivity index (χ3v) is 2.66. The SMILES string of the molecule is CCCNCc1coc(COc2ccc(F)cc2)c1. The zero-order valence-corrected chi connectivity index (χ0v) is 11.0. The number of nitrogens with one attached hydrogen (secondary N) is 1. The summed E-state index contributed by atoms with van der Waals surface area (Å²) in [5.41, 5.74) is 1.10. The summed E-state index contributed by atoms with van der Waals surface area (Å²) in [6.07, 6.45) is 2.84. The Kier molecular flexibility index (Phi) is 4.98. The van der Waals surface area contributed by atoms with Crippen molar-refractivity contribution in [2.75, 3.05) is 6.54 Å². The molecule has 0 bridgehead atoms. The van der Waals surface area contributed by atoms with Crippen LogP contribution in [0.1, 0.15) is 24.7 Å². The highest BCUT2D eigenvalue weighted by atomic mass is 19.1.